The summed E-state index contributed by atoms with van der Waals surface area (Å²) in [6, 6.07) is -0.541. The third-order valence-electron chi connectivity index (χ3n) is 3.07. The van der Waals surface area contributed by atoms with E-state index >= 15 is 0 Å². The summed E-state index contributed by atoms with van der Waals surface area (Å²) in [5.74, 6) is -0.553. The van der Waals surface area contributed by atoms with Crippen molar-refractivity contribution in [2.75, 3.05) is 19.7 Å². The fourth-order valence-corrected chi connectivity index (χ4v) is 1.82. The second-order valence-electron chi connectivity index (χ2n) is 5.51. The number of hydrogen-bond donors (Lipinski definition) is 4. The first kappa shape index (κ1) is 19.9. The predicted molar refractivity (Wildman–Crippen MR) is 83.9 cm³/mol. The van der Waals surface area contributed by atoms with Gasteiger partial charge in [0.1, 0.15) is 6.04 Å². The first-order valence-corrected chi connectivity index (χ1v) is 7.92. The summed E-state index contributed by atoms with van der Waals surface area (Å²) in [5.41, 5.74) is 0. The van der Waals surface area contributed by atoms with Crippen molar-refractivity contribution >= 4 is 11.8 Å². The molecule has 0 heterocycles. The molecular weight excluding hydrogens is 270 g/mol. The number of carbonyl (C=O) groups excluding carboxylic acids is 2. The molecule has 0 spiro atoms. The van der Waals surface area contributed by atoms with Crippen molar-refractivity contribution in [2.45, 2.75) is 65.0 Å². The van der Waals surface area contributed by atoms with Gasteiger partial charge in [0.2, 0.25) is 11.8 Å². The molecule has 0 aromatic heterocycles. The summed E-state index contributed by atoms with van der Waals surface area (Å²) >= 11 is 0. The van der Waals surface area contributed by atoms with E-state index in [1.165, 1.54) is 0 Å². The largest absolute Gasteiger partial charge is 0.394 e. The maximum Gasteiger partial charge on any atom is 0.244 e. The molecular formula is C15H31N3O3. The SMILES string of the molecule is CCCCCCNC(=O)[C@@H](CO)NC(=O)CCNC(C)C. The van der Waals surface area contributed by atoms with Gasteiger partial charge in [-0.15, -0.1) is 0 Å². The zero-order chi connectivity index (χ0) is 16.1. The van der Waals surface area contributed by atoms with E-state index in [9.17, 15) is 14.7 Å². The van der Waals surface area contributed by atoms with Gasteiger partial charge in [-0.25, -0.2) is 0 Å². The Morgan fingerprint density at radius 1 is 1.10 bits per heavy atom. The number of carbonyl (C=O) groups is 2. The first-order chi connectivity index (χ1) is 10.0. The molecule has 0 radical (unpaired) electrons. The molecule has 0 saturated carbocycles. The van der Waals surface area contributed by atoms with Gasteiger partial charge >= 0.3 is 0 Å². The first-order valence-electron chi connectivity index (χ1n) is 7.92. The number of hydrogen-bond acceptors (Lipinski definition) is 4. The van der Waals surface area contributed by atoms with Crippen LogP contribution in [0, 0.1) is 0 Å². The van der Waals surface area contributed by atoms with Crippen LogP contribution in [0.4, 0.5) is 0 Å². The van der Waals surface area contributed by atoms with Crippen LogP contribution in [0.5, 0.6) is 0 Å². The summed E-state index contributed by atoms with van der Waals surface area (Å²) < 4.78 is 0. The molecule has 4 N–H and O–H groups in total. The Labute approximate surface area is 128 Å². The van der Waals surface area contributed by atoms with E-state index in [1.54, 1.807) is 0 Å². The standard InChI is InChI=1S/C15H31N3O3/c1-4-5-6-7-9-17-15(21)13(11-19)18-14(20)8-10-16-12(2)3/h12-13,16,19H,4-11H2,1-3H3,(H,17,21)(H,18,20)/t13-/m1/s1. The zero-order valence-electron chi connectivity index (χ0n) is 13.6. The molecule has 0 rings (SSSR count). The lowest BCUT2D eigenvalue weighted by Gasteiger charge is -2.16. The molecule has 0 aliphatic rings. The summed E-state index contributed by atoms with van der Waals surface area (Å²) in [6.45, 7) is 6.88. The lowest BCUT2D eigenvalue weighted by Crippen LogP contribution is -2.49. The molecule has 21 heavy (non-hydrogen) atoms. The van der Waals surface area contributed by atoms with Crippen molar-refractivity contribution in [1.82, 2.24) is 16.0 Å². The number of aliphatic hydroxyl groups is 1. The van der Waals surface area contributed by atoms with E-state index in [4.69, 9.17) is 0 Å². The lowest BCUT2D eigenvalue weighted by molar-refractivity contribution is -0.129. The van der Waals surface area contributed by atoms with Gasteiger partial charge in [0, 0.05) is 25.6 Å². The Morgan fingerprint density at radius 3 is 2.38 bits per heavy atom. The van der Waals surface area contributed by atoms with Gasteiger partial charge in [0.05, 0.1) is 6.61 Å². The van der Waals surface area contributed by atoms with Crippen molar-refractivity contribution in [2.24, 2.45) is 0 Å². The molecule has 0 aromatic rings. The molecule has 124 valence electrons. The molecule has 0 saturated heterocycles. The normalized spacial score (nSPS) is 12.2. The number of rotatable bonds is 12. The van der Waals surface area contributed by atoms with Crippen LogP contribution in [0.25, 0.3) is 0 Å². The fraction of sp³-hybridized carbons (Fsp3) is 0.867. The van der Waals surface area contributed by atoms with Crippen LogP contribution in [-0.4, -0.2) is 48.7 Å². The van der Waals surface area contributed by atoms with Crippen molar-refractivity contribution in [3.05, 3.63) is 0 Å². The second-order valence-corrected chi connectivity index (χ2v) is 5.51. The van der Waals surface area contributed by atoms with E-state index in [-0.39, 0.29) is 18.4 Å². The van der Waals surface area contributed by atoms with Crippen LogP contribution in [0.2, 0.25) is 0 Å². The van der Waals surface area contributed by atoms with Crippen molar-refractivity contribution in [3.63, 3.8) is 0 Å². The highest BCUT2D eigenvalue weighted by atomic mass is 16.3. The quantitative estimate of drug-likeness (QED) is 0.396. The van der Waals surface area contributed by atoms with Crippen LogP contribution in [0.15, 0.2) is 0 Å². The number of unbranched alkanes of at least 4 members (excludes halogenated alkanes) is 3. The monoisotopic (exact) mass is 301 g/mol. The van der Waals surface area contributed by atoms with E-state index in [0.717, 1.165) is 25.7 Å². The molecule has 0 aliphatic carbocycles. The van der Waals surface area contributed by atoms with Gasteiger partial charge < -0.3 is 21.1 Å². The zero-order valence-corrected chi connectivity index (χ0v) is 13.6. The van der Waals surface area contributed by atoms with Crippen LogP contribution in [0.3, 0.4) is 0 Å². The third-order valence-corrected chi connectivity index (χ3v) is 3.07. The molecule has 1 atom stereocenters. The van der Waals surface area contributed by atoms with Gasteiger partial charge in [-0.3, -0.25) is 9.59 Å². The molecule has 0 bridgehead atoms. The Bertz CT molecular complexity index is 296. The van der Waals surface area contributed by atoms with Crippen LogP contribution in [-0.2, 0) is 9.59 Å². The van der Waals surface area contributed by atoms with Crippen LogP contribution in [0.1, 0.15) is 52.9 Å². The average Bonchev–Trinajstić information content (AvgIpc) is 2.43. The maximum absolute atomic E-state index is 11.8. The van der Waals surface area contributed by atoms with Crippen LogP contribution >= 0.6 is 0 Å². The minimum absolute atomic E-state index is 0.233. The van der Waals surface area contributed by atoms with Gasteiger partial charge in [-0.2, -0.15) is 0 Å². The number of amides is 2. The molecule has 0 fully saturated rings. The minimum Gasteiger partial charge on any atom is -0.394 e. The second kappa shape index (κ2) is 12.6. The van der Waals surface area contributed by atoms with Gasteiger partial charge in [-0.05, 0) is 6.42 Å². The van der Waals surface area contributed by atoms with Crippen molar-refractivity contribution in [3.8, 4) is 0 Å². The highest BCUT2D eigenvalue weighted by molar-refractivity contribution is 5.87. The lowest BCUT2D eigenvalue weighted by atomic mass is 10.2. The summed E-state index contributed by atoms with van der Waals surface area (Å²) in [7, 11) is 0. The van der Waals surface area contributed by atoms with Gasteiger partial charge in [0.25, 0.3) is 0 Å². The summed E-state index contributed by atoms with van der Waals surface area (Å²) in [6.07, 6.45) is 4.59. The molecule has 2 amide bonds. The van der Waals surface area contributed by atoms with Crippen molar-refractivity contribution in [1.29, 1.82) is 0 Å². The number of nitrogens with one attached hydrogen (secondary N) is 3. The average molecular weight is 301 g/mol. The molecule has 6 heteroatoms. The van der Waals surface area contributed by atoms with E-state index in [1.807, 2.05) is 13.8 Å². The summed E-state index contributed by atoms with van der Waals surface area (Å²) in [4.78, 5) is 23.5. The minimum atomic E-state index is -0.859. The smallest absolute Gasteiger partial charge is 0.244 e. The Kier molecular flexibility index (Phi) is 11.9. The Balaban J connectivity index is 3.90. The van der Waals surface area contributed by atoms with Crippen LogP contribution < -0.4 is 16.0 Å². The van der Waals surface area contributed by atoms with E-state index < -0.39 is 6.04 Å². The fourth-order valence-electron chi connectivity index (χ4n) is 1.82. The number of aliphatic hydroxyl groups excluding tert-OH is 1. The van der Waals surface area contributed by atoms with Gasteiger partial charge in [-0.1, -0.05) is 40.0 Å². The maximum atomic E-state index is 11.8. The van der Waals surface area contributed by atoms with Crippen molar-refractivity contribution < 1.29 is 14.7 Å². The summed E-state index contributed by atoms with van der Waals surface area (Å²) in [5, 5.41) is 17.6. The van der Waals surface area contributed by atoms with E-state index in [0.29, 0.717) is 25.6 Å². The molecule has 0 unspecified atom stereocenters. The molecule has 0 aliphatic heterocycles. The highest BCUT2D eigenvalue weighted by Gasteiger charge is 2.19. The van der Waals surface area contributed by atoms with Gasteiger partial charge in [0.15, 0.2) is 0 Å². The predicted octanol–water partition coefficient (Wildman–Crippen LogP) is 0.548. The third kappa shape index (κ3) is 11.2. The van der Waals surface area contributed by atoms with E-state index in [2.05, 4.69) is 22.9 Å². The Hall–Kier alpha value is -1.14. The molecule has 6 nitrogen and oxygen atoms in total. The molecule has 0 aromatic carbocycles. The highest BCUT2D eigenvalue weighted by Crippen LogP contribution is 1.97. The topological polar surface area (TPSA) is 90.5 Å². The Morgan fingerprint density at radius 2 is 1.81 bits per heavy atom.